The van der Waals surface area contributed by atoms with Gasteiger partial charge in [-0.1, -0.05) is 78.0 Å². The number of fused-ring (bicyclic) bond motifs is 1. The van der Waals surface area contributed by atoms with E-state index in [-0.39, 0.29) is 48.1 Å². The average molecular weight is 569 g/mol. The van der Waals surface area contributed by atoms with Crippen molar-refractivity contribution >= 4 is 11.9 Å². The van der Waals surface area contributed by atoms with Crippen molar-refractivity contribution < 1.29 is 34.0 Å². The maximum atomic E-state index is 13.7. The normalized spacial score (nSPS) is 30.4. The molecule has 4 rings (SSSR count). The molecule has 2 N–H and O–H groups in total. The number of aliphatic hydroxyl groups excluding tert-OH is 2. The number of aliphatic hydroxyl groups is 2. The quantitative estimate of drug-likeness (QED) is 0.335. The van der Waals surface area contributed by atoms with E-state index in [0.29, 0.717) is 25.7 Å². The lowest BCUT2D eigenvalue weighted by molar-refractivity contribution is -0.165. The number of cyclic esters (lactones) is 1. The topological polar surface area (TPSA) is 102 Å². The van der Waals surface area contributed by atoms with Crippen molar-refractivity contribution in [3.05, 3.63) is 53.1 Å². The molecule has 1 aliphatic heterocycles. The lowest BCUT2D eigenvalue weighted by Gasteiger charge is -2.43. The summed E-state index contributed by atoms with van der Waals surface area (Å²) < 4.78 is 18.2. The Hall–Kier alpha value is -2.64. The highest BCUT2D eigenvalue weighted by molar-refractivity contribution is 5.75. The molecule has 0 spiro atoms. The number of rotatable bonds is 10. The Morgan fingerprint density at radius 2 is 1.76 bits per heavy atom. The fraction of sp³-hybridized carbons (Fsp3) is 0.647. The molecule has 7 nitrogen and oxygen atoms in total. The number of ether oxygens (including phenoxy) is 3. The number of carbonyl (C=O) groups is 2. The van der Waals surface area contributed by atoms with Crippen LogP contribution in [-0.2, 0) is 19.1 Å². The molecule has 0 aromatic heterocycles. The van der Waals surface area contributed by atoms with Crippen LogP contribution in [0, 0.1) is 17.8 Å². The van der Waals surface area contributed by atoms with Gasteiger partial charge in [0.15, 0.2) is 6.10 Å². The molecular weight excluding hydrogens is 520 g/mol. The molecule has 1 fully saturated rings. The second kappa shape index (κ2) is 13.6. The van der Waals surface area contributed by atoms with Gasteiger partial charge in [0.25, 0.3) is 0 Å². The van der Waals surface area contributed by atoms with Crippen molar-refractivity contribution in [3.8, 4) is 5.75 Å². The molecule has 7 heteroatoms. The SMILES string of the molecule is CC[C@H](Oc1c(C(C)C)cccc1C(C)C)C(=O)OC1CC(O)C=C2C=CC(C)C(CC[C@@H]3C[C@@H](O)CC(=O)O3)C21. The second-order valence-electron chi connectivity index (χ2n) is 12.7. The highest BCUT2D eigenvalue weighted by Crippen LogP contribution is 2.44. The van der Waals surface area contributed by atoms with Crippen LogP contribution < -0.4 is 4.74 Å². The minimum Gasteiger partial charge on any atom is -0.478 e. The first-order chi connectivity index (χ1) is 19.5. The molecule has 0 radical (unpaired) electrons. The van der Waals surface area contributed by atoms with Gasteiger partial charge in [-0.15, -0.1) is 0 Å². The van der Waals surface area contributed by atoms with Crippen LogP contribution in [0.1, 0.15) is 103 Å². The van der Waals surface area contributed by atoms with E-state index in [1.54, 1.807) is 0 Å². The summed E-state index contributed by atoms with van der Waals surface area (Å²) >= 11 is 0. The van der Waals surface area contributed by atoms with Gasteiger partial charge in [-0.25, -0.2) is 4.79 Å². The molecule has 1 saturated heterocycles. The minimum atomic E-state index is -0.767. The zero-order chi connectivity index (χ0) is 29.8. The summed E-state index contributed by atoms with van der Waals surface area (Å²) in [6.45, 7) is 12.6. The highest BCUT2D eigenvalue weighted by Gasteiger charge is 2.43. The lowest BCUT2D eigenvalue weighted by Crippen LogP contribution is -2.44. The molecule has 0 saturated carbocycles. The third-order valence-electron chi connectivity index (χ3n) is 8.91. The highest BCUT2D eigenvalue weighted by atomic mass is 16.6. The van der Waals surface area contributed by atoms with Gasteiger partial charge in [0.1, 0.15) is 18.0 Å². The van der Waals surface area contributed by atoms with Crippen LogP contribution >= 0.6 is 0 Å². The summed E-state index contributed by atoms with van der Waals surface area (Å²) in [4.78, 5) is 25.6. The van der Waals surface area contributed by atoms with Crippen molar-refractivity contribution in [3.63, 3.8) is 0 Å². The molecule has 1 aromatic rings. The third-order valence-corrected chi connectivity index (χ3v) is 8.91. The molecule has 1 heterocycles. The van der Waals surface area contributed by atoms with E-state index in [1.807, 2.05) is 25.1 Å². The zero-order valence-corrected chi connectivity index (χ0v) is 25.4. The fourth-order valence-electron chi connectivity index (χ4n) is 6.69. The van der Waals surface area contributed by atoms with E-state index in [4.69, 9.17) is 14.2 Å². The van der Waals surface area contributed by atoms with E-state index < -0.39 is 30.4 Å². The Morgan fingerprint density at radius 1 is 1.07 bits per heavy atom. The first-order valence-corrected chi connectivity index (χ1v) is 15.4. The molecule has 2 aliphatic carbocycles. The summed E-state index contributed by atoms with van der Waals surface area (Å²) in [5.41, 5.74) is 3.12. The van der Waals surface area contributed by atoms with Gasteiger partial charge >= 0.3 is 11.9 Å². The van der Waals surface area contributed by atoms with Crippen LogP contribution in [0.5, 0.6) is 5.75 Å². The minimum absolute atomic E-state index is 0.0471. The third kappa shape index (κ3) is 7.42. The van der Waals surface area contributed by atoms with Crippen LogP contribution in [0.25, 0.3) is 0 Å². The molecule has 226 valence electrons. The number of allylic oxidation sites excluding steroid dienone is 2. The van der Waals surface area contributed by atoms with Gasteiger partial charge in [0, 0.05) is 18.8 Å². The van der Waals surface area contributed by atoms with E-state index in [1.165, 1.54) is 0 Å². The Labute approximate surface area is 245 Å². The molecular formula is C34H48O7. The van der Waals surface area contributed by atoms with Gasteiger partial charge in [0.05, 0.1) is 18.6 Å². The zero-order valence-electron chi connectivity index (χ0n) is 25.4. The van der Waals surface area contributed by atoms with Gasteiger partial charge in [-0.2, -0.15) is 0 Å². The number of esters is 2. The average Bonchev–Trinajstić information content (AvgIpc) is 2.90. The van der Waals surface area contributed by atoms with Crippen molar-refractivity contribution in [1.82, 2.24) is 0 Å². The molecule has 3 aliphatic rings. The Kier molecular flexibility index (Phi) is 10.3. The first-order valence-electron chi connectivity index (χ1n) is 15.4. The van der Waals surface area contributed by atoms with Gasteiger partial charge in [-0.3, -0.25) is 4.79 Å². The Balaban J connectivity index is 1.53. The van der Waals surface area contributed by atoms with Crippen LogP contribution in [-0.4, -0.2) is 52.7 Å². The Bertz CT molecular complexity index is 1110. The Morgan fingerprint density at radius 3 is 2.37 bits per heavy atom. The smallest absolute Gasteiger partial charge is 0.347 e. The fourth-order valence-corrected chi connectivity index (χ4v) is 6.69. The van der Waals surface area contributed by atoms with Crippen molar-refractivity contribution in [2.45, 2.75) is 122 Å². The number of hydrogen-bond donors (Lipinski definition) is 2. The largest absolute Gasteiger partial charge is 0.478 e. The number of carbonyl (C=O) groups excluding carboxylic acids is 2. The van der Waals surface area contributed by atoms with Gasteiger partial charge < -0.3 is 24.4 Å². The summed E-state index contributed by atoms with van der Waals surface area (Å²) in [6, 6.07) is 6.16. The summed E-state index contributed by atoms with van der Waals surface area (Å²) in [6.07, 6.45) is 5.74. The monoisotopic (exact) mass is 568 g/mol. The molecule has 41 heavy (non-hydrogen) atoms. The van der Waals surface area contributed by atoms with E-state index in [9.17, 15) is 19.8 Å². The van der Waals surface area contributed by atoms with Gasteiger partial charge in [0.2, 0.25) is 0 Å². The van der Waals surface area contributed by atoms with Crippen LogP contribution in [0.3, 0.4) is 0 Å². The summed E-state index contributed by atoms with van der Waals surface area (Å²) in [5.74, 6) is 0.721. The maximum Gasteiger partial charge on any atom is 0.347 e. The molecule has 8 atom stereocenters. The van der Waals surface area contributed by atoms with Crippen molar-refractivity contribution in [2.75, 3.05) is 0 Å². The van der Waals surface area contributed by atoms with Crippen molar-refractivity contribution in [1.29, 1.82) is 0 Å². The number of para-hydroxylation sites is 1. The maximum absolute atomic E-state index is 13.7. The predicted molar refractivity (Wildman–Crippen MR) is 158 cm³/mol. The number of hydrogen-bond acceptors (Lipinski definition) is 7. The number of benzene rings is 1. The lowest BCUT2D eigenvalue weighted by atomic mass is 9.66. The van der Waals surface area contributed by atoms with E-state index >= 15 is 0 Å². The summed E-state index contributed by atoms with van der Waals surface area (Å²) in [5, 5.41) is 20.7. The van der Waals surface area contributed by atoms with Crippen LogP contribution in [0.2, 0.25) is 0 Å². The van der Waals surface area contributed by atoms with Gasteiger partial charge in [-0.05, 0) is 59.6 Å². The van der Waals surface area contributed by atoms with E-state index in [0.717, 1.165) is 28.9 Å². The molecule has 5 unspecified atom stereocenters. The predicted octanol–water partition coefficient (Wildman–Crippen LogP) is 5.98. The first kappa shape index (κ1) is 31.3. The second-order valence-corrected chi connectivity index (χ2v) is 12.7. The van der Waals surface area contributed by atoms with Crippen molar-refractivity contribution in [2.24, 2.45) is 17.8 Å². The van der Waals surface area contributed by atoms with E-state index in [2.05, 4.69) is 52.8 Å². The van der Waals surface area contributed by atoms with Crippen LogP contribution in [0.15, 0.2) is 42.0 Å². The standard InChI is InChI=1S/C34H48O7/c1-7-29(40-33-26(19(2)3)9-8-10-27(33)20(4)5)34(38)41-30-17-23(35)15-22-12-11-21(6)28(32(22)30)14-13-25-16-24(36)18-31(37)39-25/h8-12,15,19-21,23-25,28-30,32,35-36H,7,13-14,16-18H2,1-6H3/t21?,23?,24-,25-,28?,29+,30?,32?/m1/s1. The summed E-state index contributed by atoms with van der Waals surface area (Å²) in [7, 11) is 0. The molecule has 0 bridgehead atoms. The van der Waals surface area contributed by atoms with Crippen LogP contribution in [0.4, 0.5) is 0 Å². The molecule has 1 aromatic carbocycles. The molecule has 0 amide bonds.